The third-order valence-electron chi connectivity index (χ3n) is 16.8. The fourth-order valence-electron chi connectivity index (χ4n) is 11.2. The lowest BCUT2D eigenvalue weighted by Crippen LogP contribution is -2.33. The zero-order chi connectivity index (χ0) is 68.4. The summed E-state index contributed by atoms with van der Waals surface area (Å²) >= 11 is 0. The quantitative estimate of drug-likeness (QED) is 0.0674. The highest BCUT2D eigenvalue weighted by Gasteiger charge is 2.47. The number of anilines is 3. The van der Waals surface area contributed by atoms with Gasteiger partial charge in [-0.05, 0) is 90.8 Å². The van der Waals surface area contributed by atoms with Crippen LogP contribution in [0, 0.1) is 41.8 Å². The van der Waals surface area contributed by atoms with Crippen LogP contribution in [0.4, 0.5) is 43.8 Å². The SMILES string of the molecule is CCOCCC1(C)C(=O)Nc2nc(-c3nn(Cc4ccccc4F)c4ncc(F)cc34)nnc21.COc1cccc(Cn2nc(-c3nnc4c(n3)NC(=O)C4(C)C)c3cc(F)cnc32)c1F.Cc1cccc(Cn2nc(-c3nnc4c(n3)NC(=O)C4(C)C)c3cc(F)cnc32)c1F. The van der Waals surface area contributed by atoms with Crippen molar-refractivity contribution in [3.05, 3.63) is 172 Å². The Morgan fingerprint density at radius 3 is 1.37 bits per heavy atom. The number of pyridine rings is 3. The minimum absolute atomic E-state index is 0.0142. The lowest BCUT2D eigenvalue weighted by atomic mass is 9.85. The molecule has 15 rings (SSSR count). The number of nitrogens with one attached hydrogen (secondary N) is 3. The van der Waals surface area contributed by atoms with Crippen molar-refractivity contribution in [1.29, 1.82) is 0 Å². The number of methoxy groups -OCH3 is 1. The van der Waals surface area contributed by atoms with E-state index in [1.165, 1.54) is 51.5 Å². The van der Waals surface area contributed by atoms with E-state index < -0.39 is 39.5 Å². The van der Waals surface area contributed by atoms with E-state index in [0.29, 0.717) is 92.1 Å². The van der Waals surface area contributed by atoms with Gasteiger partial charge in [0.2, 0.25) is 35.2 Å². The molecule has 3 N–H and O–H groups in total. The van der Waals surface area contributed by atoms with Gasteiger partial charge >= 0.3 is 0 Å². The summed E-state index contributed by atoms with van der Waals surface area (Å²) < 4.78 is 100. The predicted octanol–water partition coefficient (Wildman–Crippen LogP) is 9.24. The fraction of sp³-hybridized carbons (Fsp3) is 0.262. The number of hydrogen-bond acceptors (Lipinski definition) is 20. The molecular formula is C65H55F6N21O5. The Balaban J connectivity index is 0.000000131. The highest BCUT2D eigenvalue weighted by atomic mass is 19.1. The molecule has 0 fully saturated rings. The van der Waals surface area contributed by atoms with E-state index in [2.05, 4.69) is 91.7 Å². The first-order chi connectivity index (χ1) is 46.4. The third-order valence-corrected chi connectivity index (χ3v) is 16.8. The molecule has 97 heavy (non-hydrogen) atoms. The Hall–Kier alpha value is -11.7. The smallest absolute Gasteiger partial charge is 0.237 e. The number of aryl methyl sites for hydroxylation is 1. The van der Waals surface area contributed by atoms with Gasteiger partial charge in [-0.25, -0.2) is 70.3 Å². The second kappa shape index (κ2) is 24.9. The second-order valence-electron chi connectivity index (χ2n) is 24.1. The van der Waals surface area contributed by atoms with Crippen LogP contribution in [0.15, 0.2) is 97.5 Å². The Labute approximate surface area is 545 Å². The van der Waals surface area contributed by atoms with E-state index in [-0.39, 0.29) is 107 Å². The van der Waals surface area contributed by atoms with Crippen molar-refractivity contribution in [3.63, 3.8) is 0 Å². The minimum atomic E-state index is -0.928. The molecule has 3 aliphatic heterocycles. The van der Waals surface area contributed by atoms with Crippen molar-refractivity contribution in [2.24, 2.45) is 0 Å². The minimum Gasteiger partial charge on any atom is -0.494 e. The Bertz CT molecular complexity index is 5200. The number of halogens is 6. The highest BCUT2D eigenvalue weighted by Crippen LogP contribution is 2.41. The molecule has 0 radical (unpaired) electrons. The lowest BCUT2D eigenvalue weighted by molar-refractivity contribution is -0.121. The number of aromatic nitrogens is 18. The van der Waals surface area contributed by atoms with E-state index >= 15 is 0 Å². The summed E-state index contributed by atoms with van der Waals surface area (Å²) in [5.41, 5.74) is 1.94. The standard InChI is InChI=1S/C23H21F2N7O2.C21H17F2N7O2.C21H17F2N7O/c1-3-34-9-8-23(2)18-20(28-22(23)33)27-19(30-29-18)17-15-10-14(24)11-26-21(15)32(31-17)12-13-6-4-5-7-16(13)25;1-21(2)16-18(26-20(21)31)25-17(28-27-16)15-12-7-11(22)8-24-19(12)30(29-15)9-10-5-4-6-13(32-3)14(10)23;1-10-5-4-6-11(14(10)23)9-30-19-13(7-12(22)8-24-19)15(29-30)17-25-18-16(27-28-17)21(2,3)20(31)26-18/h4-7,10-11H,3,8-9,12H2,1-2H3,(H,27,28,30,33);4-8H,9H2,1-3H3,(H,25,26,28,31);4-8H,9H2,1-3H3,(H,25,26,28,31). The number of carbonyl (C=O) groups excluding carboxylic acids is 3. The zero-order valence-electron chi connectivity index (χ0n) is 52.8. The molecule has 3 aromatic carbocycles. The highest BCUT2D eigenvalue weighted by molar-refractivity contribution is 6.06. The van der Waals surface area contributed by atoms with E-state index in [1.54, 1.807) is 90.1 Å². The summed E-state index contributed by atoms with van der Waals surface area (Å²) in [4.78, 5) is 62.8. The molecule has 3 amide bonds. The molecule has 32 heteroatoms. The monoisotopic (exact) mass is 1320 g/mol. The third kappa shape index (κ3) is 11.7. The number of hydrogen-bond donors (Lipinski definition) is 3. The van der Waals surface area contributed by atoms with Gasteiger partial charge in [0.05, 0.1) is 77.7 Å². The van der Waals surface area contributed by atoms with Crippen molar-refractivity contribution < 1.29 is 50.2 Å². The molecule has 0 spiro atoms. The van der Waals surface area contributed by atoms with Crippen LogP contribution in [0.2, 0.25) is 0 Å². The van der Waals surface area contributed by atoms with E-state index in [1.807, 2.05) is 6.92 Å². The van der Waals surface area contributed by atoms with Crippen LogP contribution < -0.4 is 20.7 Å². The normalized spacial score (nSPS) is 15.5. The maximum Gasteiger partial charge on any atom is 0.237 e. The zero-order valence-corrected chi connectivity index (χ0v) is 52.8. The first-order valence-corrected chi connectivity index (χ1v) is 30.1. The van der Waals surface area contributed by atoms with Crippen molar-refractivity contribution in [3.8, 4) is 40.3 Å². The molecule has 9 aromatic heterocycles. The number of carbonyl (C=O) groups is 3. The molecule has 12 aromatic rings. The van der Waals surface area contributed by atoms with Crippen molar-refractivity contribution in [2.45, 2.75) is 90.8 Å². The summed E-state index contributed by atoms with van der Waals surface area (Å²) in [5, 5.41) is 47.7. The molecule has 0 saturated carbocycles. The molecule has 0 saturated heterocycles. The lowest BCUT2D eigenvalue weighted by Gasteiger charge is -2.19. The molecule has 26 nitrogen and oxygen atoms in total. The van der Waals surface area contributed by atoms with Crippen LogP contribution in [0.25, 0.3) is 67.7 Å². The van der Waals surface area contributed by atoms with E-state index in [4.69, 9.17) is 9.47 Å². The number of ether oxygens (including phenoxy) is 2. The maximum atomic E-state index is 14.7. The van der Waals surface area contributed by atoms with Gasteiger partial charge < -0.3 is 25.4 Å². The number of fused-ring (bicyclic) bond motifs is 6. The van der Waals surface area contributed by atoms with Gasteiger partial charge in [0.15, 0.2) is 46.0 Å². The van der Waals surface area contributed by atoms with Crippen LogP contribution in [0.3, 0.4) is 0 Å². The van der Waals surface area contributed by atoms with Gasteiger partial charge in [0, 0.05) is 29.9 Å². The van der Waals surface area contributed by atoms with Crippen molar-refractivity contribution >= 4 is 68.3 Å². The first kappa shape index (κ1) is 64.0. The van der Waals surface area contributed by atoms with Crippen LogP contribution in [0.1, 0.15) is 87.3 Å². The number of amides is 3. The van der Waals surface area contributed by atoms with Crippen molar-refractivity contribution in [2.75, 3.05) is 36.3 Å². The topological polar surface area (TPSA) is 314 Å². The van der Waals surface area contributed by atoms with Gasteiger partial charge in [-0.1, -0.05) is 48.5 Å². The van der Waals surface area contributed by atoms with Gasteiger partial charge in [0.1, 0.15) is 63.2 Å². The molecule has 492 valence electrons. The fourth-order valence-corrected chi connectivity index (χ4v) is 11.2. The van der Waals surface area contributed by atoms with Crippen molar-refractivity contribution in [1.82, 2.24) is 89.8 Å². The average molecular weight is 1320 g/mol. The number of benzene rings is 3. The molecule has 0 aliphatic carbocycles. The first-order valence-electron chi connectivity index (χ1n) is 30.1. The van der Waals surface area contributed by atoms with Crippen LogP contribution in [-0.4, -0.2) is 128 Å². The van der Waals surface area contributed by atoms with E-state index in [9.17, 15) is 40.7 Å². The Morgan fingerprint density at radius 1 is 0.495 bits per heavy atom. The molecule has 1 unspecified atom stereocenters. The summed E-state index contributed by atoms with van der Waals surface area (Å²) in [6.07, 6.45) is 3.61. The second-order valence-corrected chi connectivity index (χ2v) is 24.1. The van der Waals surface area contributed by atoms with Crippen LogP contribution in [-0.2, 0) is 55.0 Å². The Kier molecular flexibility index (Phi) is 16.4. The van der Waals surface area contributed by atoms with Gasteiger partial charge in [-0.15, -0.1) is 30.6 Å². The number of nitrogens with zero attached hydrogens (tertiary/aromatic N) is 18. The van der Waals surface area contributed by atoms with Gasteiger partial charge in [-0.2, -0.15) is 15.3 Å². The molecular weight excluding hydrogens is 1270 g/mol. The maximum absolute atomic E-state index is 14.7. The van der Waals surface area contributed by atoms with Crippen LogP contribution in [0.5, 0.6) is 5.75 Å². The predicted molar refractivity (Wildman–Crippen MR) is 337 cm³/mol. The average Bonchev–Trinajstić information content (AvgIpc) is 1.62. The molecule has 3 aliphatic rings. The van der Waals surface area contributed by atoms with Crippen LogP contribution >= 0.6 is 0 Å². The summed E-state index contributed by atoms with van der Waals surface area (Å²) in [7, 11) is 1.38. The van der Waals surface area contributed by atoms with Gasteiger partial charge in [0.25, 0.3) is 0 Å². The summed E-state index contributed by atoms with van der Waals surface area (Å²) in [6, 6.07) is 20.0. The summed E-state index contributed by atoms with van der Waals surface area (Å²) in [5.74, 6) is -2.45. The number of rotatable bonds is 14. The van der Waals surface area contributed by atoms with Gasteiger partial charge in [-0.3, -0.25) is 14.4 Å². The largest absolute Gasteiger partial charge is 0.494 e. The molecule has 12 heterocycles. The molecule has 1 atom stereocenters. The summed E-state index contributed by atoms with van der Waals surface area (Å²) in [6.45, 7) is 13.3. The molecule has 0 bridgehead atoms. The Morgan fingerprint density at radius 2 is 0.907 bits per heavy atom. The van der Waals surface area contributed by atoms with E-state index in [0.717, 1.165) is 18.6 Å².